The Hall–Kier alpha value is -1.37. The second-order valence-electron chi connectivity index (χ2n) is 16.8. The molecule has 10 nitrogen and oxygen atoms in total. The quantitative estimate of drug-likeness (QED) is 0.177. The predicted molar refractivity (Wildman–Crippen MR) is 168 cm³/mol. The van der Waals surface area contributed by atoms with Crippen molar-refractivity contribution in [3.05, 3.63) is 22.8 Å². The largest absolute Gasteiger partial charge is 0.432 e. The molecule has 10 heteroatoms. The maximum absolute atomic E-state index is 14.4. The lowest BCUT2D eigenvalue weighted by molar-refractivity contribution is -0.296. The Morgan fingerprint density at radius 3 is 2.28 bits per heavy atom. The van der Waals surface area contributed by atoms with Crippen LogP contribution in [-0.4, -0.2) is 97.8 Å². The summed E-state index contributed by atoms with van der Waals surface area (Å²) in [6.45, 7) is 12.4. The van der Waals surface area contributed by atoms with Crippen molar-refractivity contribution in [2.24, 2.45) is 44.8 Å². The van der Waals surface area contributed by atoms with Crippen LogP contribution in [0.5, 0.6) is 0 Å². The van der Waals surface area contributed by atoms with Gasteiger partial charge < -0.3 is 45.2 Å². The van der Waals surface area contributed by atoms with Crippen molar-refractivity contribution in [3.8, 4) is 0 Å². The van der Waals surface area contributed by atoms with Crippen molar-refractivity contribution in [1.29, 1.82) is 0 Å². The highest BCUT2D eigenvalue weighted by Gasteiger charge is 2.70. The van der Waals surface area contributed by atoms with Crippen LogP contribution >= 0.6 is 0 Å². The number of ether oxygens (including phenoxy) is 2. The second-order valence-corrected chi connectivity index (χ2v) is 16.8. The van der Waals surface area contributed by atoms with Gasteiger partial charge in [0.15, 0.2) is 0 Å². The molecule has 1 heterocycles. The summed E-state index contributed by atoms with van der Waals surface area (Å²) in [6, 6.07) is 0. The van der Waals surface area contributed by atoms with Crippen LogP contribution in [0.25, 0.3) is 0 Å². The highest BCUT2D eigenvalue weighted by atomic mass is 16.7. The Kier molecular flexibility index (Phi) is 8.50. The molecular formula is C36H56O10. The van der Waals surface area contributed by atoms with Gasteiger partial charge in [0.1, 0.15) is 24.4 Å². The van der Waals surface area contributed by atoms with Crippen LogP contribution in [-0.2, 0) is 14.3 Å². The fourth-order valence-electron chi connectivity index (χ4n) is 11.9. The van der Waals surface area contributed by atoms with Crippen molar-refractivity contribution in [3.63, 3.8) is 0 Å². The molecule has 0 aromatic rings. The summed E-state index contributed by atoms with van der Waals surface area (Å²) < 4.78 is 11.5. The maximum atomic E-state index is 14.4. The van der Waals surface area contributed by atoms with Crippen LogP contribution in [0.3, 0.4) is 0 Å². The molecule has 4 fully saturated rings. The number of hydrogen-bond donors (Lipinski definition) is 7. The number of fused-ring (bicyclic) bond motifs is 7. The molecule has 7 N–H and O–H groups in total. The predicted octanol–water partition coefficient (Wildman–Crippen LogP) is 2.36. The van der Waals surface area contributed by atoms with Crippen LogP contribution in [0, 0.1) is 44.8 Å². The van der Waals surface area contributed by atoms with E-state index in [1.807, 2.05) is 6.92 Å². The molecule has 0 amide bonds. The summed E-state index contributed by atoms with van der Waals surface area (Å²) >= 11 is 0. The molecule has 0 spiro atoms. The van der Waals surface area contributed by atoms with E-state index in [9.17, 15) is 40.5 Å². The number of hydrogen-bond acceptors (Lipinski definition) is 10. The van der Waals surface area contributed by atoms with Crippen molar-refractivity contribution in [2.75, 3.05) is 13.2 Å². The van der Waals surface area contributed by atoms with Gasteiger partial charge in [0.25, 0.3) is 0 Å². The van der Waals surface area contributed by atoms with Gasteiger partial charge in [0, 0.05) is 11.3 Å². The number of allylic oxidation sites excluding steroid dienone is 4. The van der Waals surface area contributed by atoms with Crippen molar-refractivity contribution < 1.29 is 50.0 Å². The van der Waals surface area contributed by atoms with Crippen molar-refractivity contribution in [1.82, 2.24) is 0 Å². The van der Waals surface area contributed by atoms with Crippen molar-refractivity contribution >= 4 is 5.97 Å². The zero-order valence-electron chi connectivity index (χ0n) is 28.3. The first-order chi connectivity index (χ1) is 21.5. The van der Waals surface area contributed by atoms with E-state index < -0.39 is 66.3 Å². The molecule has 3 saturated carbocycles. The highest BCUT2D eigenvalue weighted by molar-refractivity contribution is 5.80. The number of esters is 1. The van der Waals surface area contributed by atoms with Crippen LogP contribution in [0.15, 0.2) is 22.8 Å². The van der Waals surface area contributed by atoms with E-state index in [0.717, 1.165) is 37.7 Å². The summed E-state index contributed by atoms with van der Waals surface area (Å²) in [5.74, 6) is -0.470. The summed E-state index contributed by atoms with van der Waals surface area (Å²) in [6.07, 6.45) is -1.51. The number of aliphatic hydroxyl groups is 7. The SMILES string of the molecule is CC1=C(C)[C@H]2C3=CC[C@@H]4[C@@]5(C)CC(O)C(O)[C@@](C)(CO)[C@@H]5CC[C@@]4(C)[C@]3(C)CC[C@@]2(C(=O)O[C@@H]2O[C@H](CO)[C@@H](O)[C@H](O)[C@H]2O)CC1. The lowest BCUT2D eigenvalue weighted by Crippen LogP contribution is -2.68. The summed E-state index contributed by atoms with van der Waals surface area (Å²) in [4.78, 5) is 14.4. The minimum atomic E-state index is -1.66. The van der Waals surface area contributed by atoms with E-state index in [0.29, 0.717) is 19.3 Å². The first kappa shape index (κ1) is 34.5. The molecule has 46 heavy (non-hydrogen) atoms. The normalized spacial score (nSPS) is 53.7. The minimum Gasteiger partial charge on any atom is -0.432 e. The third-order valence-electron chi connectivity index (χ3n) is 15.1. The molecule has 2 unspecified atom stereocenters. The van der Waals surface area contributed by atoms with E-state index >= 15 is 0 Å². The van der Waals surface area contributed by atoms with Gasteiger partial charge in [-0.2, -0.15) is 0 Å². The van der Waals surface area contributed by atoms with E-state index in [1.54, 1.807) is 0 Å². The van der Waals surface area contributed by atoms with Crippen LogP contribution < -0.4 is 0 Å². The van der Waals surface area contributed by atoms with E-state index in [4.69, 9.17) is 9.47 Å². The van der Waals surface area contributed by atoms with Gasteiger partial charge >= 0.3 is 5.97 Å². The Balaban J connectivity index is 1.38. The van der Waals surface area contributed by atoms with Gasteiger partial charge in [-0.05, 0) is 93.3 Å². The van der Waals surface area contributed by atoms with Gasteiger partial charge in [-0.3, -0.25) is 4.79 Å². The first-order valence-corrected chi connectivity index (χ1v) is 17.3. The molecule has 260 valence electrons. The van der Waals surface area contributed by atoms with Crippen LogP contribution in [0.4, 0.5) is 0 Å². The molecular weight excluding hydrogens is 592 g/mol. The molecule has 1 saturated heterocycles. The fourth-order valence-corrected chi connectivity index (χ4v) is 11.9. The van der Waals surface area contributed by atoms with Gasteiger partial charge in [0.2, 0.25) is 6.29 Å². The molecule has 0 radical (unpaired) electrons. The maximum Gasteiger partial charge on any atom is 0.315 e. The highest BCUT2D eigenvalue weighted by Crippen LogP contribution is 2.75. The number of carbonyl (C=O) groups is 1. The standard InChI is InChI=1S/C36H56O10/c1-18-9-12-36(31(44)46-30-28(42)27(41)26(40)22(16-37)45-30)14-13-34(5)20(25(36)19(18)2)7-8-24-32(3)15-21(39)29(43)33(4,17-38)23(32)10-11-35(24,34)6/h7,21-30,37-43H,8-17H2,1-6H3/t21?,22-,23-,24-,25+,26-,27+,28-,29?,30+,32+,33+,34-,35-,36+/m1/s1. The van der Waals surface area contributed by atoms with E-state index in [2.05, 4.69) is 40.7 Å². The van der Waals surface area contributed by atoms with Gasteiger partial charge in [-0.15, -0.1) is 0 Å². The van der Waals surface area contributed by atoms with Gasteiger partial charge in [0.05, 0.1) is 30.8 Å². The number of rotatable bonds is 4. The fraction of sp³-hybridized carbons (Fsp3) is 0.861. The number of aliphatic hydroxyl groups excluding tert-OH is 7. The Labute approximate surface area is 272 Å². The Morgan fingerprint density at radius 1 is 0.935 bits per heavy atom. The molecule has 0 bridgehead atoms. The van der Waals surface area contributed by atoms with Crippen LogP contribution in [0.1, 0.15) is 92.9 Å². The van der Waals surface area contributed by atoms with Gasteiger partial charge in [-0.1, -0.05) is 50.5 Å². The third-order valence-corrected chi connectivity index (χ3v) is 15.1. The molecule has 0 aromatic heterocycles. The Morgan fingerprint density at radius 2 is 1.63 bits per heavy atom. The van der Waals surface area contributed by atoms with Gasteiger partial charge in [-0.25, -0.2) is 0 Å². The molecule has 6 rings (SSSR count). The number of carbonyl (C=O) groups excluding carboxylic acids is 1. The molecule has 0 aromatic carbocycles. The first-order valence-electron chi connectivity index (χ1n) is 17.3. The molecule has 5 aliphatic carbocycles. The smallest absolute Gasteiger partial charge is 0.315 e. The molecule has 1 aliphatic heterocycles. The third kappa shape index (κ3) is 4.40. The summed E-state index contributed by atoms with van der Waals surface area (Å²) in [5.41, 5.74) is 1.20. The molecule has 6 aliphatic rings. The topological polar surface area (TPSA) is 177 Å². The monoisotopic (exact) mass is 648 g/mol. The average molecular weight is 649 g/mol. The molecule has 15 atom stereocenters. The zero-order chi connectivity index (χ0) is 33.8. The lowest BCUT2D eigenvalue weighted by Gasteiger charge is -2.71. The van der Waals surface area contributed by atoms with E-state index in [1.165, 1.54) is 11.1 Å². The summed E-state index contributed by atoms with van der Waals surface area (Å²) in [7, 11) is 0. The lowest BCUT2D eigenvalue weighted by atomic mass is 9.33. The minimum absolute atomic E-state index is 0.0507. The van der Waals surface area contributed by atoms with E-state index in [-0.39, 0.29) is 40.6 Å². The summed E-state index contributed by atoms with van der Waals surface area (Å²) in [5, 5.41) is 73.8. The Bertz CT molecular complexity index is 1300. The van der Waals surface area contributed by atoms with Crippen molar-refractivity contribution in [2.45, 2.75) is 136 Å². The second kappa shape index (κ2) is 11.3. The van der Waals surface area contributed by atoms with Crippen LogP contribution in [0.2, 0.25) is 0 Å². The zero-order valence-corrected chi connectivity index (χ0v) is 28.3. The average Bonchev–Trinajstić information content (AvgIpc) is 3.02.